The maximum atomic E-state index is 14.0. The van der Waals surface area contributed by atoms with Crippen molar-refractivity contribution in [3.05, 3.63) is 112 Å². The van der Waals surface area contributed by atoms with E-state index in [1.54, 1.807) is 6.07 Å². The van der Waals surface area contributed by atoms with Crippen LogP contribution >= 0.6 is 11.6 Å². The van der Waals surface area contributed by atoms with E-state index >= 15 is 0 Å². The second kappa shape index (κ2) is 12.4. The fourth-order valence-electron chi connectivity index (χ4n) is 5.47. The van der Waals surface area contributed by atoms with Gasteiger partial charge in [0.05, 0.1) is 47.0 Å². The van der Waals surface area contributed by atoms with Gasteiger partial charge >= 0.3 is 6.18 Å². The molecule has 234 valence electrons. The number of hydrogen-bond donors (Lipinski definition) is 4. The van der Waals surface area contributed by atoms with Gasteiger partial charge in [-0.15, -0.1) is 5.53 Å². The van der Waals surface area contributed by atoms with Crippen LogP contribution in [0.3, 0.4) is 0 Å². The Hall–Kier alpha value is -5.04. The van der Waals surface area contributed by atoms with Crippen molar-refractivity contribution in [1.82, 2.24) is 21.0 Å². The van der Waals surface area contributed by atoms with Crippen molar-refractivity contribution in [2.24, 2.45) is 0 Å². The van der Waals surface area contributed by atoms with E-state index in [9.17, 15) is 29.5 Å². The summed E-state index contributed by atoms with van der Waals surface area (Å²) in [4.78, 5) is 4.39. The Balaban J connectivity index is 1.44. The van der Waals surface area contributed by atoms with Crippen LogP contribution in [0.15, 0.2) is 84.8 Å². The summed E-state index contributed by atoms with van der Waals surface area (Å²) in [5.41, 5.74) is 5.50. The zero-order valence-electron chi connectivity index (χ0n) is 25.1. The summed E-state index contributed by atoms with van der Waals surface area (Å²) < 4.78 is 65.3. The molecule has 2 aliphatic rings. The number of benzene rings is 3. The lowest BCUT2D eigenvalue weighted by molar-refractivity contribution is -0.195. The highest BCUT2D eigenvalue weighted by Crippen LogP contribution is 2.53. The fourth-order valence-corrected chi connectivity index (χ4v) is 5.74. The van der Waals surface area contributed by atoms with Crippen LogP contribution in [0.1, 0.15) is 55.8 Å². The number of fused-ring (bicyclic) bond motifs is 1. The van der Waals surface area contributed by atoms with E-state index in [1.807, 2.05) is 30.3 Å². The number of aromatic nitrogens is 1. The number of hydrazine groups is 2. The zero-order valence-corrected chi connectivity index (χ0v) is 24.8. The molecule has 2 atom stereocenters. The molecule has 1 aliphatic carbocycles. The minimum atomic E-state index is -4.52. The summed E-state index contributed by atoms with van der Waals surface area (Å²) in [6, 6.07) is 19.6. The highest BCUT2D eigenvalue weighted by atomic mass is 35.5. The van der Waals surface area contributed by atoms with Gasteiger partial charge in [0.1, 0.15) is 11.9 Å². The van der Waals surface area contributed by atoms with Crippen LogP contribution in [0.25, 0.3) is 10.9 Å². The van der Waals surface area contributed by atoms with Crippen molar-refractivity contribution in [1.29, 1.82) is 10.5 Å². The molecule has 13 heteroatoms. The molecule has 3 aromatic carbocycles. The van der Waals surface area contributed by atoms with Gasteiger partial charge in [-0.2, -0.15) is 23.7 Å². The molecule has 1 saturated carbocycles. The molecule has 1 unspecified atom stereocenters. The number of nitrogens with one attached hydrogen (secondary N) is 4. The molecule has 6 rings (SSSR count). The van der Waals surface area contributed by atoms with E-state index in [-0.39, 0.29) is 52.8 Å². The molecule has 0 radical (unpaired) electrons. The van der Waals surface area contributed by atoms with E-state index in [1.165, 1.54) is 30.6 Å². The maximum Gasteiger partial charge on any atom is 0.413 e. The van der Waals surface area contributed by atoms with Gasteiger partial charge in [-0.1, -0.05) is 54.1 Å². The quantitative estimate of drug-likeness (QED) is 0.129. The monoisotopic (exact) mass is 647 g/mol. The molecule has 0 spiro atoms. The third-order valence-electron chi connectivity index (χ3n) is 8.06. The van der Waals surface area contributed by atoms with Gasteiger partial charge in [0.15, 0.2) is 5.54 Å². The van der Waals surface area contributed by atoms with E-state index in [0.717, 1.165) is 22.7 Å². The molecule has 1 aromatic heterocycles. The first-order valence-electron chi connectivity index (χ1n) is 14.8. The van der Waals surface area contributed by atoms with E-state index in [0.29, 0.717) is 23.0 Å². The molecule has 2 heterocycles. The molecule has 0 amide bonds. The SMILES string of the molecule is [2H]C(Nc1cc(Cl)c2ncc(C#N)c(N[C@H](CCC#N)c3ccccc3)c2c1)(C1=CN(C2(C(F)(F)F)CC2)NN1)c1ccc(F)cc1. The van der Waals surface area contributed by atoms with Crippen molar-refractivity contribution >= 4 is 33.9 Å². The molecule has 0 bridgehead atoms. The van der Waals surface area contributed by atoms with Crippen molar-refractivity contribution in [2.75, 3.05) is 10.6 Å². The minimum Gasteiger partial charge on any atom is -0.377 e. The number of anilines is 2. The van der Waals surface area contributed by atoms with Crippen LogP contribution in [0.2, 0.25) is 5.02 Å². The van der Waals surface area contributed by atoms with Crippen molar-refractivity contribution in [2.45, 2.75) is 49.5 Å². The molecule has 4 N–H and O–H groups in total. The van der Waals surface area contributed by atoms with Crippen LogP contribution in [0, 0.1) is 28.5 Å². The second-order valence-corrected chi connectivity index (χ2v) is 11.4. The number of rotatable bonds is 10. The van der Waals surface area contributed by atoms with E-state index < -0.39 is 23.6 Å². The van der Waals surface area contributed by atoms with Crippen LogP contribution in [0.5, 0.6) is 0 Å². The van der Waals surface area contributed by atoms with Crippen molar-refractivity contribution in [3.8, 4) is 12.1 Å². The Kier molecular flexibility index (Phi) is 7.99. The van der Waals surface area contributed by atoms with Crippen molar-refractivity contribution < 1.29 is 18.9 Å². The smallest absolute Gasteiger partial charge is 0.377 e. The average Bonchev–Trinajstić information content (AvgIpc) is 3.73. The normalized spacial score (nSPS) is 17.5. The Labute approximate surface area is 268 Å². The highest BCUT2D eigenvalue weighted by Gasteiger charge is 2.67. The van der Waals surface area contributed by atoms with Crippen LogP contribution in [-0.2, 0) is 0 Å². The number of nitriles is 2. The predicted octanol–water partition coefficient (Wildman–Crippen LogP) is 7.77. The Morgan fingerprint density at radius 2 is 1.80 bits per heavy atom. The molecule has 1 fully saturated rings. The number of pyridine rings is 1. The number of halogens is 5. The first kappa shape index (κ1) is 29.7. The summed E-state index contributed by atoms with van der Waals surface area (Å²) in [5.74, 6) is -0.554. The van der Waals surface area contributed by atoms with E-state index in [4.69, 9.17) is 11.6 Å². The average molecular weight is 648 g/mol. The van der Waals surface area contributed by atoms with Gasteiger partial charge in [0.25, 0.3) is 0 Å². The standard InChI is InChI=1S/C33H27ClF4N8/c34-26-16-24(15-25-29(22(17-40)18-41-31(25)26)43-27(7-4-14-39)20-5-2-1-3-6-20)42-30(21-8-10-23(35)11-9-21)28-19-46(45-44-28)32(12-13-32)33(36,37)38/h1-3,5-6,8-11,15-16,18-19,27,30,42,44-45H,4,7,12-13H2,(H,41,43)/t27-,30?/m1/s1/i30D. The molecule has 1 aliphatic heterocycles. The highest BCUT2D eigenvalue weighted by molar-refractivity contribution is 6.35. The Morgan fingerprint density at radius 3 is 2.46 bits per heavy atom. The Bertz CT molecular complexity index is 1920. The first-order valence-corrected chi connectivity index (χ1v) is 14.7. The summed E-state index contributed by atoms with van der Waals surface area (Å²) in [6.45, 7) is 0. The minimum absolute atomic E-state index is 0.0127. The van der Waals surface area contributed by atoms with Crippen LogP contribution in [-0.4, -0.2) is 21.7 Å². The van der Waals surface area contributed by atoms with Gasteiger partial charge in [-0.05, 0) is 54.7 Å². The van der Waals surface area contributed by atoms with Gasteiger partial charge in [-0.3, -0.25) is 9.99 Å². The third kappa shape index (κ3) is 5.97. The molecule has 0 saturated heterocycles. The third-order valence-corrected chi connectivity index (χ3v) is 8.35. The van der Waals surface area contributed by atoms with Gasteiger partial charge in [0, 0.05) is 29.9 Å². The van der Waals surface area contributed by atoms with Crippen LogP contribution in [0.4, 0.5) is 28.9 Å². The molecular formula is C33H27ClF4N8. The first-order chi connectivity index (χ1) is 22.5. The van der Waals surface area contributed by atoms with Gasteiger partial charge in [0.2, 0.25) is 0 Å². The summed E-state index contributed by atoms with van der Waals surface area (Å²) in [7, 11) is 0. The molecule has 4 aromatic rings. The maximum absolute atomic E-state index is 14.0. The van der Waals surface area contributed by atoms with Gasteiger partial charge < -0.3 is 16.1 Å². The van der Waals surface area contributed by atoms with Crippen molar-refractivity contribution in [3.63, 3.8) is 0 Å². The lowest BCUT2D eigenvalue weighted by Crippen LogP contribution is -2.52. The second-order valence-electron chi connectivity index (χ2n) is 11.0. The summed E-state index contributed by atoms with van der Waals surface area (Å²) in [5, 5.41) is 27.4. The largest absolute Gasteiger partial charge is 0.413 e. The number of hydrogen-bond acceptors (Lipinski definition) is 8. The topological polar surface area (TPSA) is 112 Å². The molecular weight excluding hydrogens is 620 g/mol. The Morgan fingerprint density at radius 1 is 1.07 bits per heavy atom. The summed E-state index contributed by atoms with van der Waals surface area (Å²) in [6.07, 6.45) is -1.50. The predicted molar refractivity (Wildman–Crippen MR) is 166 cm³/mol. The lowest BCUT2D eigenvalue weighted by Gasteiger charge is -2.28. The van der Waals surface area contributed by atoms with Crippen LogP contribution < -0.4 is 21.6 Å². The fraction of sp³-hybridized carbons (Fsp3) is 0.242. The summed E-state index contributed by atoms with van der Waals surface area (Å²) >= 11 is 6.72. The van der Waals surface area contributed by atoms with Gasteiger partial charge in [-0.25, -0.2) is 4.39 Å². The number of alkyl halides is 3. The zero-order chi connectivity index (χ0) is 33.4. The molecule has 46 heavy (non-hydrogen) atoms. The number of nitrogens with zero attached hydrogens (tertiary/aromatic N) is 4. The molecule has 8 nitrogen and oxygen atoms in total. The van der Waals surface area contributed by atoms with E-state index in [2.05, 4.69) is 38.7 Å². The lowest BCUT2D eigenvalue weighted by atomic mass is 10.00.